The summed E-state index contributed by atoms with van der Waals surface area (Å²) in [6.45, 7) is 0.730. The summed E-state index contributed by atoms with van der Waals surface area (Å²) in [4.78, 5) is 8.53. The van der Waals surface area contributed by atoms with Crippen LogP contribution in [0.15, 0.2) is 65.8 Å². The average molecular weight is 372 g/mol. The van der Waals surface area contributed by atoms with Crippen LogP contribution in [0.5, 0.6) is 0 Å². The number of guanidine groups is 1. The van der Waals surface area contributed by atoms with E-state index in [0.29, 0.717) is 18.1 Å². The SMILES string of the molecule is CN=C(NCc1cccc(C(F)(F)F)c1)NCc1cccc2cccnc12. The molecule has 0 saturated heterocycles. The van der Waals surface area contributed by atoms with Crippen molar-refractivity contribution in [1.82, 2.24) is 15.6 Å². The summed E-state index contributed by atoms with van der Waals surface area (Å²) < 4.78 is 38.4. The second-order valence-corrected chi connectivity index (χ2v) is 5.97. The zero-order valence-electron chi connectivity index (χ0n) is 14.7. The number of benzene rings is 2. The second-order valence-electron chi connectivity index (χ2n) is 5.97. The van der Waals surface area contributed by atoms with E-state index in [9.17, 15) is 13.2 Å². The van der Waals surface area contributed by atoms with Crippen LogP contribution in [-0.2, 0) is 19.3 Å². The third kappa shape index (κ3) is 4.75. The lowest BCUT2D eigenvalue weighted by molar-refractivity contribution is -0.137. The molecule has 0 aliphatic rings. The molecule has 0 aliphatic carbocycles. The molecule has 3 rings (SSSR count). The van der Waals surface area contributed by atoms with Crippen LogP contribution in [0.4, 0.5) is 13.2 Å². The third-order valence-corrected chi connectivity index (χ3v) is 4.10. The van der Waals surface area contributed by atoms with Crippen molar-refractivity contribution < 1.29 is 13.2 Å². The minimum Gasteiger partial charge on any atom is -0.352 e. The molecule has 1 aromatic heterocycles. The van der Waals surface area contributed by atoms with E-state index in [0.717, 1.165) is 28.6 Å². The number of rotatable bonds is 4. The highest BCUT2D eigenvalue weighted by atomic mass is 19.4. The third-order valence-electron chi connectivity index (χ3n) is 4.10. The molecule has 1 heterocycles. The highest BCUT2D eigenvalue weighted by Crippen LogP contribution is 2.29. The van der Waals surface area contributed by atoms with Gasteiger partial charge in [0, 0.05) is 31.7 Å². The van der Waals surface area contributed by atoms with Gasteiger partial charge in [0.05, 0.1) is 11.1 Å². The highest BCUT2D eigenvalue weighted by Gasteiger charge is 2.30. The predicted octanol–water partition coefficient (Wildman–Crippen LogP) is 4.12. The lowest BCUT2D eigenvalue weighted by Gasteiger charge is -2.14. The van der Waals surface area contributed by atoms with Crippen molar-refractivity contribution in [3.63, 3.8) is 0 Å². The molecule has 140 valence electrons. The van der Waals surface area contributed by atoms with Crippen molar-refractivity contribution in [3.8, 4) is 0 Å². The molecule has 0 bridgehead atoms. The van der Waals surface area contributed by atoms with E-state index in [1.54, 1.807) is 19.3 Å². The summed E-state index contributed by atoms with van der Waals surface area (Å²) in [6, 6.07) is 15.0. The van der Waals surface area contributed by atoms with Gasteiger partial charge in [-0.2, -0.15) is 13.2 Å². The summed E-state index contributed by atoms with van der Waals surface area (Å²) in [5.41, 5.74) is 1.78. The topological polar surface area (TPSA) is 49.3 Å². The molecule has 7 heteroatoms. The molecule has 0 atom stereocenters. The number of alkyl halides is 3. The summed E-state index contributed by atoms with van der Waals surface area (Å²) in [5.74, 6) is 0.500. The van der Waals surface area contributed by atoms with Crippen LogP contribution >= 0.6 is 0 Å². The first kappa shape index (κ1) is 18.7. The van der Waals surface area contributed by atoms with Crippen LogP contribution in [0.1, 0.15) is 16.7 Å². The number of pyridine rings is 1. The fraction of sp³-hybridized carbons (Fsp3) is 0.200. The van der Waals surface area contributed by atoms with Crippen molar-refractivity contribution in [2.24, 2.45) is 4.99 Å². The molecule has 0 saturated carbocycles. The Morgan fingerprint density at radius 2 is 1.74 bits per heavy atom. The van der Waals surface area contributed by atoms with Crippen LogP contribution < -0.4 is 10.6 Å². The van der Waals surface area contributed by atoms with Gasteiger partial charge in [0.15, 0.2) is 5.96 Å². The Kier molecular flexibility index (Phi) is 5.59. The molecule has 0 fully saturated rings. The maximum absolute atomic E-state index is 12.8. The van der Waals surface area contributed by atoms with Gasteiger partial charge in [0.25, 0.3) is 0 Å². The van der Waals surface area contributed by atoms with Crippen molar-refractivity contribution >= 4 is 16.9 Å². The molecule has 0 amide bonds. The van der Waals surface area contributed by atoms with E-state index >= 15 is 0 Å². The van der Waals surface area contributed by atoms with Gasteiger partial charge in [-0.15, -0.1) is 0 Å². The lowest BCUT2D eigenvalue weighted by Crippen LogP contribution is -2.36. The first-order valence-corrected chi connectivity index (χ1v) is 8.40. The molecule has 2 N–H and O–H groups in total. The van der Waals surface area contributed by atoms with Gasteiger partial charge in [0.2, 0.25) is 0 Å². The van der Waals surface area contributed by atoms with Gasteiger partial charge < -0.3 is 10.6 Å². The number of nitrogens with one attached hydrogen (secondary N) is 2. The fourth-order valence-corrected chi connectivity index (χ4v) is 2.75. The minimum absolute atomic E-state index is 0.234. The van der Waals surface area contributed by atoms with Gasteiger partial charge in [-0.3, -0.25) is 9.98 Å². The summed E-state index contributed by atoms with van der Waals surface area (Å²) in [5, 5.41) is 7.25. The van der Waals surface area contributed by atoms with Crippen LogP contribution in [-0.4, -0.2) is 18.0 Å². The van der Waals surface area contributed by atoms with Gasteiger partial charge in [0.1, 0.15) is 0 Å². The largest absolute Gasteiger partial charge is 0.416 e. The molecule has 3 aromatic rings. The van der Waals surface area contributed by atoms with E-state index in [2.05, 4.69) is 20.6 Å². The molecule has 0 radical (unpaired) electrons. The standard InChI is InChI=1S/C20H19F3N4/c1-24-19(26-12-14-5-2-9-17(11-14)20(21,22)23)27-13-16-7-3-6-15-8-4-10-25-18(15)16/h2-11H,12-13H2,1H3,(H2,24,26,27). The van der Waals surface area contributed by atoms with E-state index in [-0.39, 0.29) is 6.54 Å². The number of hydrogen-bond acceptors (Lipinski definition) is 2. The lowest BCUT2D eigenvalue weighted by atomic mass is 10.1. The Hall–Kier alpha value is -3.09. The second kappa shape index (κ2) is 8.07. The smallest absolute Gasteiger partial charge is 0.352 e. The Balaban J connectivity index is 1.63. The first-order valence-electron chi connectivity index (χ1n) is 8.40. The average Bonchev–Trinajstić information content (AvgIpc) is 2.68. The normalized spacial score (nSPS) is 12.2. The van der Waals surface area contributed by atoms with Crippen LogP contribution in [0.2, 0.25) is 0 Å². The summed E-state index contributed by atoms with van der Waals surface area (Å²) >= 11 is 0. The first-order chi connectivity index (χ1) is 13.0. The number of halogens is 3. The number of hydrogen-bond donors (Lipinski definition) is 2. The number of aromatic nitrogens is 1. The minimum atomic E-state index is -4.35. The zero-order chi connectivity index (χ0) is 19.3. The predicted molar refractivity (Wildman–Crippen MR) is 100 cm³/mol. The molecular formula is C20H19F3N4. The number of nitrogens with zero attached hydrogens (tertiary/aromatic N) is 2. The molecule has 4 nitrogen and oxygen atoms in total. The Labute approximate surface area is 155 Å². The van der Waals surface area contributed by atoms with Crippen LogP contribution in [0.3, 0.4) is 0 Å². The Morgan fingerprint density at radius 1 is 1.00 bits per heavy atom. The monoisotopic (exact) mass is 372 g/mol. The van der Waals surface area contributed by atoms with Gasteiger partial charge >= 0.3 is 6.18 Å². The van der Waals surface area contributed by atoms with E-state index in [1.165, 1.54) is 6.07 Å². The highest BCUT2D eigenvalue weighted by molar-refractivity contribution is 5.83. The van der Waals surface area contributed by atoms with Gasteiger partial charge in [-0.1, -0.05) is 36.4 Å². The van der Waals surface area contributed by atoms with Crippen molar-refractivity contribution in [3.05, 3.63) is 77.5 Å². The van der Waals surface area contributed by atoms with E-state index < -0.39 is 11.7 Å². The molecule has 27 heavy (non-hydrogen) atoms. The fourth-order valence-electron chi connectivity index (χ4n) is 2.75. The molecule has 0 unspecified atom stereocenters. The molecular weight excluding hydrogens is 353 g/mol. The van der Waals surface area contributed by atoms with E-state index in [4.69, 9.17) is 0 Å². The maximum Gasteiger partial charge on any atom is 0.416 e. The molecule has 0 aliphatic heterocycles. The number of fused-ring (bicyclic) bond motifs is 1. The van der Waals surface area contributed by atoms with E-state index in [1.807, 2.05) is 30.3 Å². The quantitative estimate of drug-likeness (QED) is 0.535. The molecule has 0 spiro atoms. The van der Waals surface area contributed by atoms with Gasteiger partial charge in [-0.25, -0.2) is 0 Å². The maximum atomic E-state index is 12.8. The van der Waals surface area contributed by atoms with Crippen molar-refractivity contribution in [2.75, 3.05) is 7.05 Å². The Morgan fingerprint density at radius 3 is 2.52 bits per heavy atom. The van der Waals surface area contributed by atoms with Crippen molar-refractivity contribution in [1.29, 1.82) is 0 Å². The van der Waals surface area contributed by atoms with Crippen molar-refractivity contribution in [2.45, 2.75) is 19.3 Å². The summed E-state index contributed by atoms with van der Waals surface area (Å²) in [7, 11) is 1.61. The number of aliphatic imine (C=N–C) groups is 1. The van der Waals surface area contributed by atoms with Crippen LogP contribution in [0.25, 0.3) is 10.9 Å². The zero-order valence-corrected chi connectivity index (χ0v) is 14.7. The van der Waals surface area contributed by atoms with Crippen LogP contribution in [0, 0.1) is 0 Å². The van der Waals surface area contributed by atoms with Gasteiger partial charge in [-0.05, 0) is 29.3 Å². The number of para-hydroxylation sites is 1. The Bertz CT molecular complexity index is 946. The molecule has 2 aromatic carbocycles. The summed E-state index contributed by atoms with van der Waals surface area (Å²) in [6.07, 6.45) is -2.61.